The van der Waals surface area contributed by atoms with Gasteiger partial charge >= 0.3 is 21.6 Å². The lowest BCUT2D eigenvalue weighted by molar-refractivity contribution is 0.0538. The zero-order valence-corrected chi connectivity index (χ0v) is 18.1. The Kier molecular flexibility index (Phi) is 8.61. The third kappa shape index (κ3) is 8.69. The Balaban J connectivity index is 1.86. The van der Waals surface area contributed by atoms with Gasteiger partial charge in [-0.15, -0.1) is 0 Å². The van der Waals surface area contributed by atoms with Crippen molar-refractivity contribution in [3.05, 3.63) is 82.9 Å². The number of ether oxygens (including phenoxy) is 1. The number of ketones is 1. The minimum atomic E-state index is -5.19. The molecule has 12 heteroatoms. The molecule has 0 spiro atoms. The van der Waals surface area contributed by atoms with E-state index < -0.39 is 28.2 Å². The molecule has 0 saturated carbocycles. The van der Waals surface area contributed by atoms with Crippen LogP contribution in [0.1, 0.15) is 33.2 Å². The van der Waals surface area contributed by atoms with Crippen LogP contribution in [0.25, 0.3) is 0 Å². The van der Waals surface area contributed by atoms with E-state index in [0.717, 1.165) is 0 Å². The largest absolute Gasteiger partial charge is 0.481 e. The average Bonchev–Trinajstić information content (AvgIpc) is 2.70. The Morgan fingerprint density at radius 3 is 2.03 bits per heavy atom. The van der Waals surface area contributed by atoms with E-state index in [4.69, 9.17) is 19.4 Å². The van der Waals surface area contributed by atoms with Gasteiger partial charge in [-0.05, 0) is 24.6 Å². The van der Waals surface area contributed by atoms with Gasteiger partial charge in [-0.1, -0.05) is 48.5 Å². The summed E-state index contributed by atoms with van der Waals surface area (Å²) in [7, 11) is -10.1. The maximum absolute atomic E-state index is 12.4. The summed E-state index contributed by atoms with van der Waals surface area (Å²) in [5, 5.41) is 0. The molecule has 31 heavy (non-hydrogen) atoms. The molecule has 0 bridgehead atoms. The van der Waals surface area contributed by atoms with Gasteiger partial charge in [0.15, 0.2) is 5.78 Å². The Hall–Kier alpha value is -2.42. The first-order valence-electron chi connectivity index (χ1n) is 8.74. The Bertz CT molecular complexity index is 1040. The molecule has 0 aliphatic heterocycles. The van der Waals surface area contributed by atoms with Crippen molar-refractivity contribution >= 4 is 27.4 Å². The standard InChI is InChI=1S/C19H20O10P2/c1-14(11-12-28-31(25,26)29-30(22,23)24)13-27-19(21)17-9-7-16(8-10-17)18(20)15-5-3-2-4-6-15/h2-11H,12-13H2,1H3,(H,25,26)(H2,22,23,24)/b14-11+. The summed E-state index contributed by atoms with van der Waals surface area (Å²) in [5.41, 5.74) is 1.62. The zero-order chi connectivity index (χ0) is 23.1. The van der Waals surface area contributed by atoms with E-state index in [0.29, 0.717) is 16.7 Å². The summed E-state index contributed by atoms with van der Waals surface area (Å²) in [6, 6.07) is 14.6. The molecule has 0 aromatic heterocycles. The summed E-state index contributed by atoms with van der Waals surface area (Å²) >= 11 is 0. The van der Waals surface area contributed by atoms with E-state index in [9.17, 15) is 18.7 Å². The minimum absolute atomic E-state index is 0.165. The lowest BCUT2D eigenvalue weighted by Crippen LogP contribution is -2.08. The third-order valence-corrected chi connectivity index (χ3v) is 5.88. The number of rotatable bonds is 10. The maximum Gasteiger partial charge on any atom is 0.481 e. The van der Waals surface area contributed by atoms with Crippen molar-refractivity contribution in [2.75, 3.05) is 13.2 Å². The van der Waals surface area contributed by atoms with E-state index in [1.807, 2.05) is 0 Å². The number of esters is 1. The number of phosphoric acid groups is 2. The number of carbonyl (C=O) groups excluding carboxylic acids is 2. The molecule has 166 valence electrons. The third-order valence-electron chi connectivity index (χ3n) is 3.73. The smallest absolute Gasteiger partial charge is 0.458 e. The summed E-state index contributed by atoms with van der Waals surface area (Å²) < 4.78 is 35.0. The molecule has 0 aliphatic carbocycles. The predicted octanol–water partition coefficient (Wildman–Crippen LogP) is 3.25. The van der Waals surface area contributed by atoms with Gasteiger partial charge in [-0.3, -0.25) is 9.32 Å². The van der Waals surface area contributed by atoms with E-state index >= 15 is 0 Å². The second kappa shape index (κ2) is 10.7. The van der Waals surface area contributed by atoms with Gasteiger partial charge < -0.3 is 19.4 Å². The molecule has 0 heterocycles. The highest BCUT2D eigenvalue weighted by Crippen LogP contribution is 2.57. The molecule has 1 atom stereocenters. The molecule has 2 aromatic rings. The quantitative estimate of drug-likeness (QED) is 0.204. The summed E-state index contributed by atoms with van der Waals surface area (Å²) in [5.74, 6) is -0.826. The molecule has 0 saturated heterocycles. The van der Waals surface area contributed by atoms with E-state index in [2.05, 4.69) is 8.83 Å². The van der Waals surface area contributed by atoms with Crippen LogP contribution in [0.5, 0.6) is 0 Å². The van der Waals surface area contributed by atoms with Crippen molar-refractivity contribution in [2.45, 2.75) is 6.92 Å². The molecular weight excluding hydrogens is 450 g/mol. The number of carbonyl (C=O) groups is 2. The fourth-order valence-electron chi connectivity index (χ4n) is 2.27. The summed E-state index contributed by atoms with van der Waals surface area (Å²) in [6.45, 7) is 0.875. The number of phosphoric ester groups is 1. The van der Waals surface area contributed by atoms with Gasteiger partial charge in [0.05, 0.1) is 12.2 Å². The van der Waals surface area contributed by atoms with Crippen LogP contribution in [-0.4, -0.2) is 39.6 Å². The Morgan fingerprint density at radius 2 is 1.45 bits per heavy atom. The van der Waals surface area contributed by atoms with Gasteiger partial charge in [0, 0.05) is 11.1 Å². The first-order chi connectivity index (χ1) is 14.5. The topological polar surface area (TPSA) is 157 Å². The molecule has 1 unspecified atom stereocenters. The second-order valence-corrected chi connectivity index (χ2v) is 9.07. The van der Waals surface area contributed by atoms with Crippen LogP contribution >= 0.6 is 15.6 Å². The highest BCUT2D eigenvalue weighted by atomic mass is 31.3. The zero-order valence-electron chi connectivity index (χ0n) is 16.3. The molecule has 0 fully saturated rings. The van der Waals surface area contributed by atoms with Gasteiger partial charge in [-0.2, -0.15) is 4.31 Å². The highest BCUT2D eigenvalue weighted by molar-refractivity contribution is 7.60. The Labute approximate surface area is 177 Å². The molecular formula is C19H20O10P2. The highest BCUT2D eigenvalue weighted by Gasteiger charge is 2.31. The van der Waals surface area contributed by atoms with Crippen LogP contribution < -0.4 is 0 Å². The van der Waals surface area contributed by atoms with Crippen molar-refractivity contribution < 1.29 is 47.0 Å². The van der Waals surface area contributed by atoms with Gasteiger partial charge in [-0.25, -0.2) is 13.9 Å². The second-order valence-electron chi connectivity index (χ2n) is 6.24. The van der Waals surface area contributed by atoms with Crippen LogP contribution in [-0.2, 0) is 22.7 Å². The SMILES string of the molecule is C/C(=C\COP(=O)(O)OP(=O)(O)O)COC(=O)c1ccc(C(=O)c2ccccc2)cc1. The molecule has 3 N–H and O–H groups in total. The first-order valence-corrected chi connectivity index (χ1v) is 11.8. The van der Waals surface area contributed by atoms with E-state index in [1.165, 1.54) is 30.3 Å². The van der Waals surface area contributed by atoms with Crippen LogP contribution in [0, 0.1) is 0 Å². The molecule has 0 amide bonds. The van der Waals surface area contributed by atoms with Crippen molar-refractivity contribution in [3.63, 3.8) is 0 Å². The average molecular weight is 470 g/mol. The summed E-state index contributed by atoms with van der Waals surface area (Å²) in [4.78, 5) is 50.7. The van der Waals surface area contributed by atoms with Crippen LogP contribution in [0.15, 0.2) is 66.2 Å². The van der Waals surface area contributed by atoms with Crippen molar-refractivity contribution in [1.29, 1.82) is 0 Å². The summed E-state index contributed by atoms with van der Waals surface area (Å²) in [6.07, 6.45) is 1.28. The minimum Gasteiger partial charge on any atom is -0.458 e. The lowest BCUT2D eigenvalue weighted by atomic mass is 10.0. The lowest BCUT2D eigenvalue weighted by Gasteiger charge is -2.11. The van der Waals surface area contributed by atoms with Crippen molar-refractivity contribution in [3.8, 4) is 0 Å². The number of hydrogen-bond acceptors (Lipinski definition) is 7. The number of benzene rings is 2. The predicted molar refractivity (Wildman–Crippen MR) is 109 cm³/mol. The molecule has 0 radical (unpaired) electrons. The first kappa shape index (κ1) is 24.8. The van der Waals surface area contributed by atoms with Gasteiger partial charge in [0.2, 0.25) is 0 Å². The molecule has 2 aromatic carbocycles. The van der Waals surface area contributed by atoms with Crippen LogP contribution in [0.3, 0.4) is 0 Å². The van der Waals surface area contributed by atoms with Crippen LogP contribution in [0.4, 0.5) is 0 Å². The molecule has 10 nitrogen and oxygen atoms in total. The fraction of sp³-hybridized carbons (Fsp3) is 0.158. The van der Waals surface area contributed by atoms with E-state index in [1.54, 1.807) is 37.3 Å². The van der Waals surface area contributed by atoms with Gasteiger partial charge in [0.25, 0.3) is 0 Å². The normalized spacial score (nSPS) is 14.0. The number of hydrogen-bond donors (Lipinski definition) is 3. The van der Waals surface area contributed by atoms with Crippen LogP contribution in [0.2, 0.25) is 0 Å². The maximum atomic E-state index is 12.4. The monoisotopic (exact) mass is 470 g/mol. The van der Waals surface area contributed by atoms with Gasteiger partial charge in [0.1, 0.15) is 6.61 Å². The van der Waals surface area contributed by atoms with E-state index in [-0.39, 0.29) is 18.0 Å². The fourth-order valence-corrected chi connectivity index (χ4v) is 3.79. The van der Waals surface area contributed by atoms with Crippen molar-refractivity contribution in [1.82, 2.24) is 0 Å². The Morgan fingerprint density at radius 1 is 0.903 bits per heavy atom. The molecule has 0 aliphatic rings. The van der Waals surface area contributed by atoms with Crippen molar-refractivity contribution in [2.24, 2.45) is 0 Å². The molecule has 2 rings (SSSR count).